The molecule has 0 saturated carbocycles. The van der Waals surface area contributed by atoms with Gasteiger partial charge in [0.25, 0.3) is 0 Å². The number of piperidine rings is 1. The van der Waals surface area contributed by atoms with E-state index < -0.39 is 0 Å². The molecule has 7 heteroatoms. The Hall–Kier alpha value is -1.41. The first-order valence-electron chi connectivity index (χ1n) is 10.8. The molecule has 6 nitrogen and oxygen atoms in total. The molecule has 0 aliphatic carbocycles. The lowest BCUT2D eigenvalue weighted by molar-refractivity contribution is 0.116. The van der Waals surface area contributed by atoms with Crippen LogP contribution < -0.4 is 5.32 Å². The fourth-order valence-corrected chi connectivity index (χ4v) is 6.68. The van der Waals surface area contributed by atoms with Crippen molar-refractivity contribution in [2.24, 2.45) is 0 Å². The maximum atomic E-state index is 9.57. The lowest BCUT2D eigenvalue weighted by atomic mass is 10.0. The Labute approximate surface area is 173 Å². The number of hydrogen-bond acceptors (Lipinski definition) is 6. The lowest BCUT2D eigenvalue weighted by Gasteiger charge is -2.40. The molecule has 3 saturated heterocycles. The van der Waals surface area contributed by atoms with E-state index in [4.69, 9.17) is 0 Å². The zero-order valence-corrected chi connectivity index (χ0v) is 18.3. The van der Waals surface area contributed by atoms with Crippen LogP contribution in [0.1, 0.15) is 33.1 Å². The normalized spacial score (nSPS) is 22.5. The van der Waals surface area contributed by atoms with Crippen LogP contribution in [0.2, 0.25) is 0 Å². The maximum Gasteiger partial charge on any atom is 0.169 e. The van der Waals surface area contributed by atoms with Gasteiger partial charge in [-0.25, -0.2) is 0 Å². The summed E-state index contributed by atoms with van der Waals surface area (Å²) in [5, 5.41) is 22.6. The van der Waals surface area contributed by atoms with Crippen molar-refractivity contribution in [3.05, 3.63) is 11.4 Å². The Morgan fingerprint density at radius 1 is 1.11 bits per heavy atom. The third kappa shape index (κ3) is 5.14. The van der Waals surface area contributed by atoms with E-state index in [1.54, 1.807) is 0 Å². The molecular weight excluding hydrogens is 368 g/mol. The van der Waals surface area contributed by atoms with Gasteiger partial charge in [0.05, 0.1) is 0 Å². The summed E-state index contributed by atoms with van der Waals surface area (Å²) in [6.45, 7) is 11.9. The largest absolute Gasteiger partial charge is 0.355 e. The molecule has 0 radical (unpaired) electrons. The molecule has 0 bridgehead atoms. The Bertz CT molecular complexity index is 604. The van der Waals surface area contributed by atoms with Gasteiger partial charge in [-0.3, -0.25) is 0 Å². The Morgan fingerprint density at radius 2 is 1.79 bits per heavy atom. The van der Waals surface area contributed by atoms with E-state index in [0.717, 1.165) is 70.9 Å². The summed E-state index contributed by atoms with van der Waals surface area (Å²) in [6, 6.07) is 5.41. The Morgan fingerprint density at radius 3 is 2.39 bits per heavy atom. The minimum atomic E-state index is 0.299. The van der Waals surface area contributed by atoms with Crippen LogP contribution >= 0.6 is 0 Å². The molecule has 0 aromatic rings. The van der Waals surface area contributed by atoms with E-state index in [0.29, 0.717) is 28.6 Å². The van der Waals surface area contributed by atoms with Crippen molar-refractivity contribution in [1.82, 2.24) is 20.0 Å². The van der Waals surface area contributed by atoms with Gasteiger partial charge in [-0.1, -0.05) is 0 Å². The molecular formula is C21H35N6S+. The Kier molecular flexibility index (Phi) is 7.91. The van der Waals surface area contributed by atoms with Crippen LogP contribution in [-0.2, 0) is 10.9 Å². The highest BCUT2D eigenvalue weighted by Crippen LogP contribution is 2.29. The first kappa shape index (κ1) is 21.3. The molecule has 3 aliphatic heterocycles. The van der Waals surface area contributed by atoms with Crippen LogP contribution in [0, 0.1) is 22.7 Å². The van der Waals surface area contributed by atoms with Crippen molar-refractivity contribution < 1.29 is 0 Å². The summed E-state index contributed by atoms with van der Waals surface area (Å²) >= 11 is 0. The van der Waals surface area contributed by atoms with E-state index in [1.165, 1.54) is 17.3 Å². The number of likely N-dealkylation sites (tertiary alicyclic amines) is 1. The molecule has 0 amide bonds. The molecule has 3 heterocycles. The summed E-state index contributed by atoms with van der Waals surface area (Å²) in [5.41, 5.74) is 0.299. The Balaban J connectivity index is 1.61. The van der Waals surface area contributed by atoms with Crippen LogP contribution in [0.5, 0.6) is 0 Å². The SMILES string of the molecule is CC(C)N1CCC(N2CCN(CCC[S+]3CCNCC3)C2=C(C#N)C#N)CC1. The van der Waals surface area contributed by atoms with Gasteiger partial charge in [-0.05, 0) is 37.6 Å². The fourth-order valence-electron chi connectivity index (χ4n) is 4.66. The molecule has 3 aliphatic rings. The first-order chi connectivity index (χ1) is 13.6. The van der Waals surface area contributed by atoms with Gasteiger partial charge < -0.3 is 20.0 Å². The predicted molar refractivity (Wildman–Crippen MR) is 116 cm³/mol. The topological polar surface area (TPSA) is 69.3 Å². The third-order valence-corrected chi connectivity index (χ3v) is 8.72. The molecule has 0 atom stereocenters. The van der Waals surface area contributed by atoms with Crippen molar-refractivity contribution in [3.63, 3.8) is 0 Å². The highest BCUT2D eigenvalue weighted by molar-refractivity contribution is 7.96. The molecule has 0 aromatic heterocycles. The van der Waals surface area contributed by atoms with Crippen LogP contribution in [-0.4, -0.2) is 89.9 Å². The zero-order chi connectivity index (χ0) is 19.9. The van der Waals surface area contributed by atoms with E-state index in [-0.39, 0.29) is 0 Å². The van der Waals surface area contributed by atoms with Gasteiger partial charge in [0, 0.05) is 64.3 Å². The molecule has 3 rings (SSSR count). The van der Waals surface area contributed by atoms with Gasteiger partial charge >= 0.3 is 0 Å². The van der Waals surface area contributed by atoms with Gasteiger partial charge in [0.1, 0.15) is 35.2 Å². The highest BCUT2D eigenvalue weighted by Gasteiger charge is 2.35. The number of nitrogens with one attached hydrogen (secondary N) is 1. The van der Waals surface area contributed by atoms with Gasteiger partial charge in [0.15, 0.2) is 5.57 Å². The minimum absolute atomic E-state index is 0.299. The van der Waals surface area contributed by atoms with Crippen LogP contribution in [0.4, 0.5) is 0 Å². The van der Waals surface area contributed by atoms with Gasteiger partial charge in [-0.15, -0.1) is 0 Å². The number of allylic oxidation sites excluding steroid dienone is 1. The monoisotopic (exact) mass is 403 g/mol. The van der Waals surface area contributed by atoms with E-state index >= 15 is 0 Å². The molecule has 1 N–H and O–H groups in total. The quantitative estimate of drug-likeness (QED) is 0.533. The average molecular weight is 404 g/mol. The van der Waals surface area contributed by atoms with Crippen LogP contribution in [0.3, 0.4) is 0 Å². The van der Waals surface area contributed by atoms with Gasteiger partial charge in [0.2, 0.25) is 0 Å². The van der Waals surface area contributed by atoms with Crippen LogP contribution in [0.25, 0.3) is 0 Å². The summed E-state index contributed by atoms with van der Waals surface area (Å²) in [5.74, 6) is 4.82. The van der Waals surface area contributed by atoms with Crippen LogP contribution in [0.15, 0.2) is 11.4 Å². The van der Waals surface area contributed by atoms with Crippen molar-refractivity contribution in [2.75, 3.05) is 63.1 Å². The predicted octanol–water partition coefficient (Wildman–Crippen LogP) is 1.35. The second-order valence-electron chi connectivity index (χ2n) is 8.29. The summed E-state index contributed by atoms with van der Waals surface area (Å²) < 4.78 is 0. The third-order valence-electron chi connectivity index (χ3n) is 6.30. The van der Waals surface area contributed by atoms with Crippen molar-refractivity contribution in [2.45, 2.75) is 45.2 Å². The average Bonchev–Trinajstić information content (AvgIpc) is 3.14. The zero-order valence-electron chi connectivity index (χ0n) is 17.5. The van der Waals surface area contributed by atoms with E-state index in [9.17, 15) is 10.5 Å². The smallest absolute Gasteiger partial charge is 0.169 e. The van der Waals surface area contributed by atoms with E-state index in [1.807, 2.05) is 0 Å². The summed E-state index contributed by atoms with van der Waals surface area (Å²) in [4.78, 5) is 7.23. The number of nitriles is 2. The van der Waals surface area contributed by atoms with Crippen molar-refractivity contribution >= 4 is 10.9 Å². The number of hydrogen-bond donors (Lipinski definition) is 1. The number of rotatable bonds is 6. The molecule has 0 aromatic carbocycles. The molecule has 28 heavy (non-hydrogen) atoms. The lowest BCUT2D eigenvalue weighted by Crippen LogP contribution is -2.46. The second-order valence-corrected chi connectivity index (χ2v) is 10.7. The van der Waals surface area contributed by atoms with Crippen molar-refractivity contribution in [3.8, 4) is 12.1 Å². The van der Waals surface area contributed by atoms with Crippen molar-refractivity contribution in [1.29, 1.82) is 10.5 Å². The summed E-state index contributed by atoms with van der Waals surface area (Å²) in [7, 11) is 0.554. The highest BCUT2D eigenvalue weighted by atomic mass is 32.2. The summed E-state index contributed by atoms with van der Waals surface area (Å²) in [6.07, 6.45) is 3.41. The maximum absolute atomic E-state index is 9.57. The second kappa shape index (κ2) is 10.4. The molecule has 154 valence electrons. The van der Waals surface area contributed by atoms with Gasteiger partial charge in [-0.2, -0.15) is 10.5 Å². The first-order valence-corrected chi connectivity index (χ1v) is 12.5. The fraction of sp³-hybridized carbons (Fsp3) is 0.810. The molecule has 3 fully saturated rings. The molecule has 0 unspecified atom stereocenters. The minimum Gasteiger partial charge on any atom is -0.355 e. The molecule has 0 spiro atoms. The van der Waals surface area contributed by atoms with E-state index in [2.05, 4.69) is 46.0 Å². The standard InChI is InChI=1S/C21H35N6S/c1-18(2)25-9-4-20(5-10-25)27-12-11-26(21(27)19(16-22)17-23)8-3-13-28-14-6-24-7-15-28/h18,20,24H,3-15H2,1-2H3/q+1. The number of nitrogens with zero attached hydrogens (tertiary/aromatic N) is 5.